The van der Waals surface area contributed by atoms with E-state index in [2.05, 4.69) is 6.58 Å². The van der Waals surface area contributed by atoms with Crippen molar-refractivity contribution in [2.24, 2.45) is 5.73 Å². The molecule has 1 aromatic carbocycles. The van der Waals surface area contributed by atoms with Gasteiger partial charge in [-0.3, -0.25) is 0 Å². The van der Waals surface area contributed by atoms with Crippen molar-refractivity contribution in [1.82, 2.24) is 0 Å². The van der Waals surface area contributed by atoms with Gasteiger partial charge in [0.25, 0.3) is 0 Å². The van der Waals surface area contributed by atoms with Crippen molar-refractivity contribution in [2.75, 3.05) is 13.2 Å². The lowest BCUT2D eigenvalue weighted by Crippen LogP contribution is -2.26. The number of nitrogens with two attached hydrogens (primary N) is 1. The van der Waals surface area contributed by atoms with Crippen LogP contribution in [-0.2, 0) is 30.2 Å². The molecule has 152 valence electrons. The van der Waals surface area contributed by atoms with E-state index in [0.29, 0.717) is 0 Å². The van der Waals surface area contributed by atoms with E-state index in [4.69, 9.17) is 19.9 Å². The first-order valence-electron chi connectivity index (χ1n) is 9.17. The zero-order valence-electron chi connectivity index (χ0n) is 16.8. The maximum absolute atomic E-state index is 12.8. The molecule has 0 fully saturated rings. The molecule has 0 aromatic heterocycles. The van der Waals surface area contributed by atoms with Gasteiger partial charge in [-0.15, -0.1) is 0 Å². The Morgan fingerprint density at radius 3 is 2.41 bits per heavy atom. The summed E-state index contributed by atoms with van der Waals surface area (Å²) in [5.74, 6) is -1.71. The normalized spacial score (nSPS) is 16.0. The van der Waals surface area contributed by atoms with Gasteiger partial charge in [0.15, 0.2) is 0 Å². The van der Waals surface area contributed by atoms with Crippen molar-refractivity contribution >= 4 is 11.9 Å². The van der Waals surface area contributed by atoms with E-state index in [1.165, 1.54) is 6.92 Å². The number of rotatable bonds is 7. The second-order valence-electron chi connectivity index (χ2n) is 6.54. The van der Waals surface area contributed by atoms with E-state index in [9.17, 15) is 14.9 Å². The fourth-order valence-electron chi connectivity index (χ4n) is 2.89. The molecule has 29 heavy (non-hydrogen) atoms. The molecule has 7 nitrogen and oxygen atoms in total. The Hall–Kier alpha value is -3.53. The van der Waals surface area contributed by atoms with Crippen molar-refractivity contribution in [3.8, 4) is 6.07 Å². The number of nitrogens with zero attached hydrogens (tertiary/aromatic N) is 1. The monoisotopic (exact) mass is 396 g/mol. The van der Waals surface area contributed by atoms with Crippen molar-refractivity contribution in [3.05, 3.63) is 70.3 Å². The minimum atomic E-state index is -0.704. The van der Waals surface area contributed by atoms with Gasteiger partial charge in [0.05, 0.1) is 11.5 Å². The second kappa shape index (κ2) is 9.60. The summed E-state index contributed by atoms with van der Waals surface area (Å²) in [6.07, 6.45) is 0.865. The van der Waals surface area contributed by atoms with Crippen LogP contribution < -0.4 is 5.73 Å². The average Bonchev–Trinajstić information content (AvgIpc) is 2.70. The highest BCUT2D eigenvalue weighted by Gasteiger charge is 2.36. The molecular formula is C22H24N2O5. The van der Waals surface area contributed by atoms with Crippen LogP contribution in [0.25, 0.3) is 0 Å². The lowest BCUT2D eigenvalue weighted by Gasteiger charge is -2.27. The summed E-state index contributed by atoms with van der Waals surface area (Å²) in [5.41, 5.74) is 8.33. The number of allylic oxidation sites excluding steroid dienone is 2. The third kappa shape index (κ3) is 5.05. The van der Waals surface area contributed by atoms with Crippen molar-refractivity contribution in [1.29, 1.82) is 5.26 Å². The van der Waals surface area contributed by atoms with Crippen LogP contribution in [0.4, 0.5) is 0 Å². The smallest absolute Gasteiger partial charge is 0.338 e. The van der Waals surface area contributed by atoms with Gasteiger partial charge in [-0.05, 0) is 31.4 Å². The molecule has 0 amide bonds. The Morgan fingerprint density at radius 2 is 1.86 bits per heavy atom. The number of hydrogen-bond donors (Lipinski definition) is 1. The molecular weight excluding hydrogens is 372 g/mol. The first-order valence-corrected chi connectivity index (χ1v) is 9.17. The van der Waals surface area contributed by atoms with E-state index in [1.807, 2.05) is 37.3 Å². The fraction of sp³-hybridized carbons (Fsp3) is 0.318. The lowest BCUT2D eigenvalue weighted by atomic mass is 9.83. The molecule has 7 heteroatoms. The summed E-state index contributed by atoms with van der Waals surface area (Å²) in [6, 6.07) is 9.62. The molecule has 0 spiro atoms. The van der Waals surface area contributed by atoms with E-state index >= 15 is 0 Å². The Balaban J connectivity index is 2.25. The van der Waals surface area contributed by atoms with Crippen LogP contribution in [0.3, 0.4) is 0 Å². The van der Waals surface area contributed by atoms with Gasteiger partial charge < -0.3 is 19.9 Å². The summed E-state index contributed by atoms with van der Waals surface area (Å²) in [6.45, 7) is 8.38. The van der Waals surface area contributed by atoms with Crippen molar-refractivity contribution < 1.29 is 23.8 Å². The van der Waals surface area contributed by atoms with Gasteiger partial charge in [0.1, 0.15) is 30.6 Å². The molecule has 2 N–H and O–H groups in total. The summed E-state index contributed by atoms with van der Waals surface area (Å²) in [4.78, 5) is 24.2. The molecule has 0 bridgehead atoms. The predicted octanol–water partition coefficient (Wildman–Crippen LogP) is 2.99. The number of ether oxygens (including phenoxy) is 3. The maximum Gasteiger partial charge on any atom is 0.338 e. The Kier molecular flexibility index (Phi) is 7.21. The molecule has 0 saturated carbocycles. The standard InChI is InChI=1S/C22H24N2O5/c1-5-15-6-8-16(9-7-15)19-17(12-23)20(24)29-14(4)18(19)22(26)28-11-10-27-21(25)13(2)3/h6-9,19H,2,5,10-11,24H2,1,3-4H3. The number of esters is 2. The summed E-state index contributed by atoms with van der Waals surface area (Å²) < 4.78 is 15.6. The molecule has 1 atom stereocenters. The molecule has 1 aromatic rings. The minimum absolute atomic E-state index is 0.0403. The quantitative estimate of drug-likeness (QED) is 0.428. The van der Waals surface area contributed by atoms with Crippen LogP contribution in [0.5, 0.6) is 0 Å². The number of carbonyl (C=O) groups excluding carboxylic acids is 2. The van der Waals surface area contributed by atoms with Crippen molar-refractivity contribution in [3.63, 3.8) is 0 Å². The molecule has 2 rings (SSSR count). The van der Waals surface area contributed by atoms with E-state index in [-0.39, 0.29) is 41.6 Å². The number of carbonyl (C=O) groups is 2. The zero-order valence-corrected chi connectivity index (χ0v) is 16.8. The highest BCUT2D eigenvalue weighted by atomic mass is 16.6. The predicted molar refractivity (Wildman–Crippen MR) is 106 cm³/mol. The van der Waals surface area contributed by atoms with Gasteiger partial charge in [-0.1, -0.05) is 37.8 Å². The highest BCUT2D eigenvalue weighted by molar-refractivity contribution is 5.92. The summed E-state index contributed by atoms with van der Waals surface area (Å²) in [7, 11) is 0. The number of nitriles is 1. The van der Waals surface area contributed by atoms with E-state index in [0.717, 1.165) is 17.5 Å². The van der Waals surface area contributed by atoms with Crippen molar-refractivity contribution in [2.45, 2.75) is 33.1 Å². The van der Waals surface area contributed by atoms with Crippen LogP contribution in [0.1, 0.15) is 37.8 Å². The first-order chi connectivity index (χ1) is 13.8. The second-order valence-corrected chi connectivity index (χ2v) is 6.54. The Labute approximate surface area is 170 Å². The molecule has 1 aliphatic heterocycles. The molecule has 1 heterocycles. The Morgan fingerprint density at radius 1 is 1.24 bits per heavy atom. The van der Waals surface area contributed by atoms with Crippen LogP contribution in [-0.4, -0.2) is 25.2 Å². The number of benzene rings is 1. The van der Waals surface area contributed by atoms with Gasteiger partial charge in [0.2, 0.25) is 5.88 Å². The van der Waals surface area contributed by atoms with Crippen LogP contribution >= 0.6 is 0 Å². The van der Waals surface area contributed by atoms with Gasteiger partial charge >= 0.3 is 11.9 Å². The fourth-order valence-corrected chi connectivity index (χ4v) is 2.89. The summed E-state index contributed by atoms with van der Waals surface area (Å²) in [5, 5.41) is 9.60. The minimum Gasteiger partial charge on any atom is -0.459 e. The third-order valence-corrected chi connectivity index (χ3v) is 4.44. The zero-order chi connectivity index (χ0) is 21.6. The van der Waals surface area contributed by atoms with E-state index < -0.39 is 17.9 Å². The number of hydrogen-bond acceptors (Lipinski definition) is 7. The van der Waals surface area contributed by atoms with Gasteiger partial charge in [0, 0.05) is 5.57 Å². The molecule has 1 aliphatic rings. The van der Waals surface area contributed by atoms with Gasteiger partial charge in [-0.2, -0.15) is 5.26 Å². The molecule has 0 radical (unpaired) electrons. The van der Waals surface area contributed by atoms with E-state index in [1.54, 1.807) is 6.92 Å². The topological polar surface area (TPSA) is 112 Å². The third-order valence-electron chi connectivity index (χ3n) is 4.44. The van der Waals surface area contributed by atoms with Crippen LogP contribution in [0.15, 0.2) is 59.2 Å². The molecule has 1 unspecified atom stereocenters. The number of aryl methyl sites for hydroxylation is 1. The maximum atomic E-state index is 12.8. The summed E-state index contributed by atoms with van der Waals surface area (Å²) >= 11 is 0. The first kappa shape index (κ1) is 21.8. The van der Waals surface area contributed by atoms with Crippen LogP contribution in [0.2, 0.25) is 0 Å². The highest BCUT2D eigenvalue weighted by Crippen LogP contribution is 2.39. The largest absolute Gasteiger partial charge is 0.459 e. The molecule has 0 saturated heterocycles. The molecule has 0 aliphatic carbocycles. The Bertz CT molecular complexity index is 920. The van der Waals surface area contributed by atoms with Gasteiger partial charge in [-0.25, -0.2) is 9.59 Å². The van der Waals surface area contributed by atoms with Crippen LogP contribution in [0, 0.1) is 11.3 Å². The SMILES string of the molecule is C=C(C)C(=O)OCCOC(=O)C1=C(C)OC(N)=C(C#N)C1c1ccc(CC)cc1. The lowest BCUT2D eigenvalue weighted by molar-refractivity contribution is -0.147. The average molecular weight is 396 g/mol.